The zero-order valence-electron chi connectivity index (χ0n) is 11.4. The number of carbonyl (C=O) groups excluding carboxylic acids is 1. The Balaban J connectivity index is 1.56. The number of hydrazone groups is 1. The van der Waals surface area contributed by atoms with E-state index in [2.05, 4.69) is 10.5 Å². The predicted molar refractivity (Wildman–Crippen MR) is 87.2 cm³/mol. The van der Waals surface area contributed by atoms with Gasteiger partial charge in [-0.3, -0.25) is 4.79 Å². The first-order chi connectivity index (χ1) is 10.2. The highest BCUT2D eigenvalue weighted by atomic mass is 35.5. The molecular formula is C16H15ClN2OS. The van der Waals surface area contributed by atoms with E-state index in [1.54, 1.807) is 0 Å². The molecule has 2 bridgehead atoms. The van der Waals surface area contributed by atoms with E-state index in [1.165, 1.54) is 30.6 Å². The summed E-state index contributed by atoms with van der Waals surface area (Å²) >= 11 is 7.73. The number of rotatable bonds is 2. The zero-order valence-corrected chi connectivity index (χ0v) is 13.0. The van der Waals surface area contributed by atoms with E-state index in [-0.39, 0.29) is 5.91 Å². The summed E-state index contributed by atoms with van der Waals surface area (Å²) in [5, 5.41) is 5.82. The third-order valence-corrected chi connectivity index (χ3v) is 6.23. The Kier molecular flexibility index (Phi) is 3.23. The monoisotopic (exact) mass is 318 g/mol. The van der Waals surface area contributed by atoms with E-state index in [0.717, 1.165) is 28.1 Å². The fourth-order valence-electron chi connectivity index (χ4n) is 3.50. The molecule has 1 amide bonds. The molecule has 21 heavy (non-hydrogen) atoms. The Hall–Kier alpha value is -1.39. The number of nitrogens with one attached hydrogen (secondary N) is 1. The number of amides is 1. The number of hydrogen-bond acceptors (Lipinski definition) is 3. The van der Waals surface area contributed by atoms with Crippen molar-refractivity contribution < 1.29 is 4.79 Å². The zero-order chi connectivity index (χ0) is 14.4. The van der Waals surface area contributed by atoms with Gasteiger partial charge in [-0.05, 0) is 43.6 Å². The SMILES string of the molecule is O=C(NN=C1CC2CCC1C2)c1sc2ccccc2c1Cl. The highest BCUT2D eigenvalue weighted by molar-refractivity contribution is 7.21. The Bertz CT molecular complexity index is 752. The van der Waals surface area contributed by atoms with Gasteiger partial charge in [-0.2, -0.15) is 5.10 Å². The van der Waals surface area contributed by atoms with Gasteiger partial charge >= 0.3 is 0 Å². The van der Waals surface area contributed by atoms with E-state index in [1.807, 2.05) is 24.3 Å². The van der Waals surface area contributed by atoms with Crippen LogP contribution in [0.3, 0.4) is 0 Å². The minimum Gasteiger partial charge on any atom is -0.266 e. The molecule has 1 N–H and O–H groups in total. The van der Waals surface area contributed by atoms with E-state index in [4.69, 9.17) is 11.6 Å². The van der Waals surface area contributed by atoms with Crippen molar-refractivity contribution in [3.8, 4) is 0 Å². The van der Waals surface area contributed by atoms with Crippen LogP contribution in [0.5, 0.6) is 0 Å². The topological polar surface area (TPSA) is 41.5 Å². The van der Waals surface area contributed by atoms with Crippen LogP contribution in [0.4, 0.5) is 0 Å². The van der Waals surface area contributed by atoms with Crippen LogP contribution in [0.2, 0.25) is 5.02 Å². The van der Waals surface area contributed by atoms with Gasteiger partial charge in [0, 0.05) is 15.8 Å². The summed E-state index contributed by atoms with van der Waals surface area (Å²) in [7, 11) is 0. The number of nitrogens with zero attached hydrogens (tertiary/aromatic N) is 1. The molecule has 1 heterocycles. The van der Waals surface area contributed by atoms with Gasteiger partial charge in [0.2, 0.25) is 0 Å². The molecule has 2 aliphatic rings. The summed E-state index contributed by atoms with van der Waals surface area (Å²) in [6, 6.07) is 7.79. The average molecular weight is 319 g/mol. The van der Waals surface area contributed by atoms with Crippen LogP contribution in [0.1, 0.15) is 35.4 Å². The fraction of sp³-hybridized carbons (Fsp3) is 0.375. The van der Waals surface area contributed by atoms with Gasteiger partial charge in [0.25, 0.3) is 5.91 Å². The summed E-state index contributed by atoms with van der Waals surface area (Å²) in [5.74, 6) is 1.18. The predicted octanol–water partition coefficient (Wildman–Crippen LogP) is 4.46. The van der Waals surface area contributed by atoms with Crippen LogP contribution in [0, 0.1) is 11.8 Å². The second kappa shape index (κ2) is 5.11. The van der Waals surface area contributed by atoms with E-state index in [9.17, 15) is 4.79 Å². The van der Waals surface area contributed by atoms with Crippen LogP contribution in [-0.4, -0.2) is 11.6 Å². The lowest BCUT2D eigenvalue weighted by atomic mass is 9.99. The normalized spacial score (nSPS) is 25.9. The maximum atomic E-state index is 12.3. The lowest BCUT2D eigenvalue weighted by Crippen LogP contribution is -2.21. The first kappa shape index (κ1) is 13.3. The molecule has 0 aliphatic heterocycles. The number of benzene rings is 1. The van der Waals surface area contributed by atoms with E-state index >= 15 is 0 Å². The molecule has 2 fully saturated rings. The molecule has 5 heteroatoms. The molecule has 108 valence electrons. The molecule has 4 rings (SSSR count). The third-order valence-electron chi connectivity index (χ3n) is 4.55. The van der Waals surface area contributed by atoms with Gasteiger partial charge < -0.3 is 0 Å². The molecule has 1 aromatic carbocycles. The quantitative estimate of drug-likeness (QED) is 0.816. The van der Waals surface area contributed by atoms with Gasteiger partial charge in [-0.25, -0.2) is 5.43 Å². The minimum atomic E-state index is -0.198. The lowest BCUT2D eigenvalue weighted by molar-refractivity contribution is 0.0958. The molecule has 0 saturated heterocycles. The molecule has 2 saturated carbocycles. The Morgan fingerprint density at radius 2 is 2.19 bits per heavy atom. The van der Waals surface area contributed by atoms with E-state index in [0.29, 0.717) is 15.8 Å². The van der Waals surface area contributed by atoms with Gasteiger partial charge in [-0.1, -0.05) is 29.8 Å². The van der Waals surface area contributed by atoms with Crippen LogP contribution in [-0.2, 0) is 0 Å². The largest absolute Gasteiger partial charge is 0.283 e. The first-order valence-electron chi connectivity index (χ1n) is 7.26. The summed E-state index contributed by atoms with van der Waals surface area (Å²) in [6.07, 6.45) is 4.84. The standard InChI is InChI=1S/C16H15ClN2OS/c17-14-11-3-1-2-4-13(11)21-15(14)16(20)19-18-12-8-9-5-6-10(12)7-9/h1-4,9-10H,5-8H2,(H,19,20). The molecule has 0 spiro atoms. The Labute approximate surface area is 132 Å². The van der Waals surface area contributed by atoms with Crippen LogP contribution in [0.15, 0.2) is 29.4 Å². The fourth-order valence-corrected chi connectivity index (χ4v) is 4.90. The van der Waals surface area contributed by atoms with Gasteiger partial charge in [0.1, 0.15) is 4.88 Å². The Morgan fingerprint density at radius 3 is 2.90 bits per heavy atom. The molecule has 2 aliphatic carbocycles. The second-order valence-corrected chi connectivity index (χ2v) is 7.30. The lowest BCUT2D eigenvalue weighted by Gasteiger charge is -2.11. The van der Waals surface area contributed by atoms with Crippen molar-refractivity contribution >= 4 is 44.6 Å². The highest BCUT2D eigenvalue weighted by Crippen LogP contribution is 2.42. The number of carbonyl (C=O) groups is 1. The smallest absolute Gasteiger partial charge is 0.266 e. The summed E-state index contributed by atoms with van der Waals surface area (Å²) in [6.45, 7) is 0. The van der Waals surface area contributed by atoms with Crippen molar-refractivity contribution in [3.63, 3.8) is 0 Å². The molecule has 2 unspecified atom stereocenters. The maximum Gasteiger partial charge on any atom is 0.283 e. The Morgan fingerprint density at radius 1 is 1.33 bits per heavy atom. The van der Waals surface area contributed by atoms with Crippen LogP contribution < -0.4 is 5.43 Å². The van der Waals surface area contributed by atoms with Crippen molar-refractivity contribution in [1.82, 2.24) is 5.43 Å². The van der Waals surface area contributed by atoms with Gasteiger partial charge in [-0.15, -0.1) is 11.3 Å². The van der Waals surface area contributed by atoms with Crippen molar-refractivity contribution in [2.75, 3.05) is 0 Å². The van der Waals surface area contributed by atoms with Crippen molar-refractivity contribution in [3.05, 3.63) is 34.2 Å². The summed E-state index contributed by atoms with van der Waals surface area (Å²) in [5.41, 5.74) is 3.87. The minimum absolute atomic E-state index is 0.198. The van der Waals surface area contributed by atoms with E-state index < -0.39 is 0 Å². The molecule has 0 radical (unpaired) electrons. The van der Waals surface area contributed by atoms with Gasteiger partial charge in [0.05, 0.1) is 5.02 Å². The molecule has 2 aromatic rings. The van der Waals surface area contributed by atoms with Crippen LogP contribution in [0.25, 0.3) is 10.1 Å². The second-order valence-electron chi connectivity index (χ2n) is 5.87. The summed E-state index contributed by atoms with van der Waals surface area (Å²) in [4.78, 5) is 12.9. The van der Waals surface area contributed by atoms with Crippen molar-refractivity contribution in [2.24, 2.45) is 16.9 Å². The maximum absolute atomic E-state index is 12.3. The number of hydrogen-bond donors (Lipinski definition) is 1. The summed E-state index contributed by atoms with van der Waals surface area (Å²) < 4.78 is 1.03. The molecule has 2 atom stereocenters. The number of thiophene rings is 1. The van der Waals surface area contributed by atoms with Gasteiger partial charge in [0.15, 0.2) is 0 Å². The average Bonchev–Trinajstić information content (AvgIpc) is 3.20. The number of halogens is 1. The first-order valence-corrected chi connectivity index (χ1v) is 8.45. The number of fused-ring (bicyclic) bond motifs is 3. The molecule has 1 aromatic heterocycles. The van der Waals surface area contributed by atoms with Crippen molar-refractivity contribution in [2.45, 2.75) is 25.7 Å². The highest BCUT2D eigenvalue weighted by Gasteiger charge is 2.36. The molecular weight excluding hydrogens is 304 g/mol. The van der Waals surface area contributed by atoms with Crippen molar-refractivity contribution in [1.29, 1.82) is 0 Å². The third kappa shape index (κ3) is 2.27. The molecule has 3 nitrogen and oxygen atoms in total. The van der Waals surface area contributed by atoms with Crippen LogP contribution >= 0.6 is 22.9 Å².